The fraction of sp³-hybridized carbons (Fsp3) is 0.550. The average Bonchev–Trinajstić information content (AvgIpc) is 3.02. The number of thioether (sulfide) groups is 1. The number of nitrogens with zero attached hydrogens (tertiary/aromatic N) is 4. The number of amides is 1. The third kappa shape index (κ3) is 4.90. The first-order valence-electron chi connectivity index (χ1n) is 9.54. The van der Waals surface area contributed by atoms with Gasteiger partial charge in [0.15, 0.2) is 11.0 Å². The van der Waals surface area contributed by atoms with Crippen molar-refractivity contribution in [2.24, 2.45) is 0 Å². The molecular formula is C20H28N4O2S. The lowest BCUT2D eigenvalue weighted by atomic mass is 10.1. The molecule has 3 rings (SSSR count). The van der Waals surface area contributed by atoms with Crippen LogP contribution in [0.2, 0.25) is 0 Å². The first-order chi connectivity index (χ1) is 13.0. The number of ether oxygens (including phenoxy) is 1. The molecule has 1 saturated heterocycles. The predicted octanol–water partition coefficient (Wildman–Crippen LogP) is 3.39. The Morgan fingerprint density at radius 3 is 2.67 bits per heavy atom. The van der Waals surface area contributed by atoms with Gasteiger partial charge < -0.3 is 14.2 Å². The van der Waals surface area contributed by atoms with Crippen LogP contribution < -0.4 is 0 Å². The second kappa shape index (κ2) is 8.89. The third-order valence-electron chi connectivity index (χ3n) is 4.54. The van der Waals surface area contributed by atoms with Gasteiger partial charge in [0.2, 0.25) is 5.91 Å². The first kappa shape index (κ1) is 19.9. The number of carbonyl (C=O) groups is 1. The summed E-state index contributed by atoms with van der Waals surface area (Å²) in [4.78, 5) is 14.5. The Morgan fingerprint density at radius 1 is 1.26 bits per heavy atom. The maximum Gasteiger partial charge on any atom is 0.233 e. The predicted molar refractivity (Wildman–Crippen MR) is 108 cm³/mol. The molecule has 1 aliphatic heterocycles. The van der Waals surface area contributed by atoms with E-state index in [-0.39, 0.29) is 18.1 Å². The van der Waals surface area contributed by atoms with Crippen molar-refractivity contribution in [1.29, 1.82) is 0 Å². The lowest BCUT2D eigenvalue weighted by Gasteiger charge is -2.35. The highest BCUT2D eigenvalue weighted by atomic mass is 32.2. The van der Waals surface area contributed by atoms with Crippen LogP contribution in [0.5, 0.6) is 0 Å². The van der Waals surface area contributed by atoms with Gasteiger partial charge in [-0.15, -0.1) is 10.2 Å². The van der Waals surface area contributed by atoms with E-state index in [4.69, 9.17) is 4.74 Å². The van der Waals surface area contributed by atoms with Gasteiger partial charge >= 0.3 is 0 Å². The van der Waals surface area contributed by atoms with E-state index in [1.165, 1.54) is 17.3 Å². The van der Waals surface area contributed by atoms with E-state index in [0.29, 0.717) is 18.8 Å². The molecule has 6 nitrogen and oxygen atoms in total. The van der Waals surface area contributed by atoms with Gasteiger partial charge in [0.1, 0.15) is 0 Å². The van der Waals surface area contributed by atoms with Crippen LogP contribution in [0.4, 0.5) is 0 Å². The fourth-order valence-corrected chi connectivity index (χ4v) is 4.28. The Labute approximate surface area is 165 Å². The molecule has 0 bridgehead atoms. The summed E-state index contributed by atoms with van der Waals surface area (Å²) >= 11 is 1.47. The summed E-state index contributed by atoms with van der Waals surface area (Å²) in [6, 6.07) is 8.28. The van der Waals surface area contributed by atoms with Crippen LogP contribution in [-0.2, 0) is 16.1 Å². The molecule has 1 aliphatic rings. The number of aryl methyl sites for hydroxylation is 1. The number of hydrogen-bond donors (Lipinski definition) is 0. The molecule has 1 aromatic carbocycles. The number of hydrogen-bond acceptors (Lipinski definition) is 5. The summed E-state index contributed by atoms with van der Waals surface area (Å²) < 4.78 is 7.84. The van der Waals surface area contributed by atoms with Gasteiger partial charge in [0.25, 0.3) is 0 Å². The molecule has 0 N–H and O–H groups in total. The van der Waals surface area contributed by atoms with E-state index in [2.05, 4.69) is 46.8 Å². The molecule has 146 valence electrons. The molecule has 1 fully saturated rings. The largest absolute Gasteiger partial charge is 0.372 e. The van der Waals surface area contributed by atoms with Crippen molar-refractivity contribution in [2.75, 3.05) is 18.8 Å². The number of benzene rings is 1. The van der Waals surface area contributed by atoms with Crippen LogP contribution in [-0.4, -0.2) is 56.6 Å². The van der Waals surface area contributed by atoms with Gasteiger partial charge in [0, 0.05) is 25.2 Å². The number of carbonyl (C=O) groups excluding carboxylic acids is 1. The highest BCUT2D eigenvalue weighted by Crippen LogP contribution is 2.25. The smallest absolute Gasteiger partial charge is 0.233 e. The minimum Gasteiger partial charge on any atom is -0.372 e. The van der Waals surface area contributed by atoms with E-state index < -0.39 is 0 Å². The second-order valence-corrected chi connectivity index (χ2v) is 8.11. The molecule has 0 aliphatic carbocycles. The van der Waals surface area contributed by atoms with Crippen molar-refractivity contribution in [3.8, 4) is 11.4 Å². The standard InChI is InChI=1S/C20H28N4O2S/c1-5-9-24-19(17-8-6-7-14(2)10-17)21-22-20(24)27-13-18(25)23-11-15(3)26-16(4)12-23/h6-8,10,15-16H,5,9,11-13H2,1-4H3. The molecular weight excluding hydrogens is 360 g/mol. The number of morpholine rings is 1. The zero-order valence-corrected chi connectivity index (χ0v) is 17.3. The van der Waals surface area contributed by atoms with Crippen molar-refractivity contribution in [3.05, 3.63) is 29.8 Å². The average molecular weight is 389 g/mol. The van der Waals surface area contributed by atoms with Crippen LogP contribution in [0.3, 0.4) is 0 Å². The lowest BCUT2D eigenvalue weighted by Crippen LogP contribution is -2.48. The minimum absolute atomic E-state index is 0.0827. The van der Waals surface area contributed by atoms with E-state index >= 15 is 0 Å². The van der Waals surface area contributed by atoms with Gasteiger partial charge in [0.05, 0.1) is 18.0 Å². The van der Waals surface area contributed by atoms with E-state index in [9.17, 15) is 4.79 Å². The molecule has 0 saturated carbocycles. The number of aromatic nitrogens is 3. The molecule has 2 unspecified atom stereocenters. The molecule has 0 radical (unpaired) electrons. The summed E-state index contributed by atoms with van der Waals surface area (Å²) in [5, 5.41) is 9.58. The van der Waals surface area contributed by atoms with Crippen molar-refractivity contribution >= 4 is 17.7 Å². The highest BCUT2D eigenvalue weighted by molar-refractivity contribution is 7.99. The van der Waals surface area contributed by atoms with Crippen molar-refractivity contribution in [3.63, 3.8) is 0 Å². The zero-order valence-electron chi connectivity index (χ0n) is 16.5. The molecule has 2 heterocycles. The molecule has 1 amide bonds. The summed E-state index contributed by atoms with van der Waals surface area (Å²) in [7, 11) is 0. The van der Waals surface area contributed by atoms with E-state index in [1.807, 2.05) is 24.8 Å². The van der Waals surface area contributed by atoms with Gasteiger partial charge in [-0.3, -0.25) is 4.79 Å². The molecule has 27 heavy (non-hydrogen) atoms. The van der Waals surface area contributed by atoms with Crippen LogP contribution in [0.25, 0.3) is 11.4 Å². The number of rotatable bonds is 6. The van der Waals surface area contributed by atoms with Gasteiger partial charge in [-0.05, 0) is 33.3 Å². The Morgan fingerprint density at radius 2 is 2.00 bits per heavy atom. The molecule has 0 spiro atoms. The summed E-state index contributed by atoms with van der Waals surface area (Å²) in [6.07, 6.45) is 1.15. The second-order valence-electron chi connectivity index (χ2n) is 7.17. The van der Waals surface area contributed by atoms with Gasteiger partial charge in [-0.2, -0.15) is 0 Å². The van der Waals surface area contributed by atoms with Crippen LogP contribution in [0, 0.1) is 6.92 Å². The quantitative estimate of drug-likeness (QED) is 0.710. The van der Waals surface area contributed by atoms with Crippen molar-refractivity contribution in [2.45, 2.75) is 58.0 Å². The minimum atomic E-state index is 0.0827. The maximum absolute atomic E-state index is 12.6. The SMILES string of the molecule is CCCn1c(SCC(=O)N2CC(C)OC(C)C2)nnc1-c1cccc(C)c1. The van der Waals surface area contributed by atoms with E-state index in [0.717, 1.165) is 29.5 Å². The monoisotopic (exact) mass is 388 g/mol. The molecule has 2 atom stereocenters. The molecule has 2 aromatic rings. The maximum atomic E-state index is 12.6. The molecule has 7 heteroatoms. The van der Waals surface area contributed by atoms with Crippen molar-refractivity contribution in [1.82, 2.24) is 19.7 Å². The Balaban J connectivity index is 1.72. The Bertz CT molecular complexity index is 782. The zero-order chi connectivity index (χ0) is 19.4. The van der Waals surface area contributed by atoms with E-state index in [1.54, 1.807) is 0 Å². The van der Waals surface area contributed by atoms with Gasteiger partial charge in [-0.25, -0.2) is 0 Å². The van der Waals surface area contributed by atoms with Crippen LogP contribution >= 0.6 is 11.8 Å². The third-order valence-corrected chi connectivity index (χ3v) is 5.49. The fourth-order valence-electron chi connectivity index (χ4n) is 3.42. The molecule has 1 aromatic heterocycles. The van der Waals surface area contributed by atoms with Crippen LogP contribution in [0.15, 0.2) is 29.4 Å². The first-order valence-corrected chi connectivity index (χ1v) is 10.5. The normalized spacial score (nSPS) is 20.1. The lowest BCUT2D eigenvalue weighted by molar-refractivity contribution is -0.140. The highest BCUT2D eigenvalue weighted by Gasteiger charge is 2.26. The summed E-state index contributed by atoms with van der Waals surface area (Å²) in [6.45, 7) is 10.4. The topological polar surface area (TPSA) is 60.2 Å². The van der Waals surface area contributed by atoms with Crippen molar-refractivity contribution < 1.29 is 9.53 Å². The summed E-state index contributed by atoms with van der Waals surface area (Å²) in [5.41, 5.74) is 2.25. The van der Waals surface area contributed by atoms with Crippen LogP contribution in [0.1, 0.15) is 32.8 Å². The Hall–Kier alpha value is -1.86. The van der Waals surface area contributed by atoms with Gasteiger partial charge in [-0.1, -0.05) is 42.4 Å². The summed E-state index contributed by atoms with van der Waals surface area (Å²) in [5.74, 6) is 1.36. The Kier molecular flexibility index (Phi) is 6.55.